The van der Waals surface area contributed by atoms with Crippen molar-refractivity contribution in [2.45, 2.75) is 26.2 Å². The zero-order chi connectivity index (χ0) is 17.9. The number of benzene rings is 1. The third-order valence-electron chi connectivity index (χ3n) is 4.36. The number of urea groups is 1. The molecule has 0 aromatic heterocycles. The number of nitrogens with one attached hydrogen (secondary N) is 2. The van der Waals surface area contributed by atoms with Gasteiger partial charge in [0.05, 0.1) is 6.54 Å². The van der Waals surface area contributed by atoms with Gasteiger partial charge in [0.2, 0.25) is 5.91 Å². The minimum atomic E-state index is 0.00291. The van der Waals surface area contributed by atoms with Crippen molar-refractivity contribution in [2.24, 2.45) is 0 Å². The average molecular weight is 346 g/mol. The van der Waals surface area contributed by atoms with Gasteiger partial charge in [-0.3, -0.25) is 9.69 Å². The lowest BCUT2D eigenvalue weighted by Gasteiger charge is -2.34. The maximum absolute atomic E-state index is 12.2. The van der Waals surface area contributed by atoms with Gasteiger partial charge in [-0.05, 0) is 24.8 Å². The zero-order valence-corrected chi connectivity index (χ0v) is 15.2. The lowest BCUT2D eigenvalue weighted by Crippen LogP contribution is -2.53. The summed E-state index contributed by atoms with van der Waals surface area (Å²) in [5.74, 6) is 0.0701. The molecule has 0 aliphatic carbocycles. The van der Waals surface area contributed by atoms with Gasteiger partial charge in [0, 0.05) is 39.3 Å². The number of piperazine rings is 1. The van der Waals surface area contributed by atoms with Crippen LogP contribution in [-0.4, -0.2) is 67.6 Å². The van der Waals surface area contributed by atoms with Crippen LogP contribution >= 0.6 is 0 Å². The summed E-state index contributed by atoms with van der Waals surface area (Å²) in [7, 11) is 0. The summed E-state index contributed by atoms with van der Waals surface area (Å²) >= 11 is 0. The van der Waals surface area contributed by atoms with E-state index in [1.54, 1.807) is 0 Å². The molecular weight excluding hydrogens is 316 g/mol. The molecule has 0 bridgehead atoms. The van der Waals surface area contributed by atoms with Gasteiger partial charge in [-0.1, -0.05) is 37.3 Å². The quantitative estimate of drug-likeness (QED) is 0.701. The molecular formula is C19H30N4O2. The molecule has 0 radical (unpaired) electrons. The van der Waals surface area contributed by atoms with E-state index in [-0.39, 0.29) is 11.9 Å². The molecule has 0 spiro atoms. The van der Waals surface area contributed by atoms with Gasteiger partial charge in [0.15, 0.2) is 0 Å². The van der Waals surface area contributed by atoms with E-state index in [1.165, 1.54) is 5.56 Å². The highest BCUT2D eigenvalue weighted by molar-refractivity contribution is 5.78. The van der Waals surface area contributed by atoms with Crippen LogP contribution < -0.4 is 10.6 Å². The normalized spacial score (nSPS) is 15.0. The molecule has 1 aromatic rings. The van der Waals surface area contributed by atoms with E-state index >= 15 is 0 Å². The molecule has 0 unspecified atom stereocenters. The van der Waals surface area contributed by atoms with Crippen LogP contribution in [0.4, 0.5) is 4.79 Å². The maximum Gasteiger partial charge on any atom is 0.317 e. The van der Waals surface area contributed by atoms with E-state index in [1.807, 2.05) is 30.0 Å². The van der Waals surface area contributed by atoms with Crippen molar-refractivity contribution in [3.63, 3.8) is 0 Å². The van der Waals surface area contributed by atoms with Crippen LogP contribution in [0.3, 0.4) is 0 Å². The number of aryl methyl sites for hydroxylation is 1. The first-order valence-corrected chi connectivity index (χ1v) is 9.24. The van der Waals surface area contributed by atoms with E-state index in [0.717, 1.165) is 38.9 Å². The minimum Gasteiger partial charge on any atom is -0.355 e. The first-order valence-electron chi connectivity index (χ1n) is 9.24. The third-order valence-corrected chi connectivity index (χ3v) is 4.36. The van der Waals surface area contributed by atoms with Gasteiger partial charge < -0.3 is 15.5 Å². The second kappa shape index (κ2) is 10.7. The summed E-state index contributed by atoms with van der Waals surface area (Å²) in [6.07, 6.45) is 2.86. The number of rotatable bonds is 8. The van der Waals surface area contributed by atoms with Crippen molar-refractivity contribution in [2.75, 3.05) is 45.8 Å². The molecule has 25 heavy (non-hydrogen) atoms. The Morgan fingerprint density at radius 2 is 1.72 bits per heavy atom. The summed E-state index contributed by atoms with van der Waals surface area (Å²) in [6.45, 7) is 6.71. The van der Waals surface area contributed by atoms with Gasteiger partial charge >= 0.3 is 6.03 Å². The first kappa shape index (κ1) is 19.2. The molecule has 6 nitrogen and oxygen atoms in total. The Bertz CT molecular complexity index is 527. The average Bonchev–Trinajstić information content (AvgIpc) is 2.65. The van der Waals surface area contributed by atoms with Gasteiger partial charge in [-0.2, -0.15) is 0 Å². The molecule has 0 atom stereocenters. The molecule has 1 aliphatic rings. The third kappa shape index (κ3) is 7.13. The second-order valence-electron chi connectivity index (χ2n) is 6.43. The number of carbonyl (C=O) groups excluding carboxylic acids is 2. The zero-order valence-electron chi connectivity index (χ0n) is 15.2. The molecule has 1 saturated heterocycles. The van der Waals surface area contributed by atoms with Gasteiger partial charge in [0.25, 0.3) is 0 Å². The lowest BCUT2D eigenvalue weighted by atomic mass is 10.1. The van der Waals surface area contributed by atoms with Gasteiger partial charge in [-0.25, -0.2) is 4.79 Å². The van der Waals surface area contributed by atoms with Crippen LogP contribution in [0.15, 0.2) is 30.3 Å². The van der Waals surface area contributed by atoms with Crippen LogP contribution in [0.25, 0.3) is 0 Å². The predicted octanol–water partition coefficient (Wildman–Crippen LogP) is 1.47. The molecule has 1 aliphatic heterocycles. The number of hydrogen-bond donors (Lipinski definition) is 2. The smallest absolute Gasteiger partial charge is 0.317 e. The summed E-state index contributed by atoms with van der Waals surface area (Å²) in [4.78, 5) is 27.9. The Morgan fingerprint density at radius 3 is 2.40 bits per heavy atom. The Labute approximate surface area is 150 Å². The fourth-order valence-corrected chi connectivity index (χ4v) is 2.88. The lowest BCUT2D eigenvalue weighted by molar-refractivity contribution is -0.122. The van der Waals surface area contributed by atoms with Crippen molar-refractivity contribution in [1.29, 1.82) is 0 Å². The van der Waals surface area contributed by atoms with Crippen LogP contribution in [0.2, 0.25) is 0 Å². The summed E-state index contributed by atoms with van der Waals surface area (Å²) < 4.78 is 0. The molecule has 2 N–H and O–H groups in total. The van der Waals surface area contributed by atoms with Crippen molar-refractivity contribution in [1.82, 2.24) is 20.4 Å². The number of amides is 3. The first-order chi connectivity index (χ1) is 12.2. The minimum absolute atomic E-state index is 0.00291. The molecule has 6 heteroatoms. The number of hydrogen-bond acceptors (Lipinski definition) is 3. The molecule has 3 amide bonds. The topological polar surface area (TPSA) is 64.7 Å². The number of nitrogens with zero attached hydrogens (tertiary/aromatic N) is 2. The molecule has 2 rings (SSSR count). The van der Waals surface area contributed by atoms with Crippen LogP contribution in [-0.2, 0) is 11.2 Å². The van der Waals surface area contributed by atoms with Crippen LogP contribution in [0.1, 0.15) is 25.3 Å². The van der Waals surface area contributed by atoms with E-state index in [4.69, 9.17) is 0 Å². The fourth-order valence-electron chi connectivity index (χ4n) is 2.88. The molecule has 1 heterocycles. The van der Waals surface area contributed by atoms with Crippen molar-refractivity contribution >= 4 is 11.9 Å². The molecule has 1 aromatic carbocycles. The van der Waals surface area contributed by atoms with Crippen molar-refractivity contribution in [3.05, 3.63) is 35.9 Å². The Kier molecular flexibility index (Phi) is 8.25. The highest BCUT2D eigenvalue weighted by Gasteiger charge is 2.21. The van der Waals surface area contributed by atoms with Gasteiger partial charge in [-0.15, -0.1) is 0 Å². The van der Waals surface area contributed by atoms with E-state index in [9.17, 15) is 9.59 Å². The summed E-state index contributed by atoms with van der Waals surface area (Å²) in [5.41, 5.74) is 1.30. The Hall–Kier alpha value is -2.08. The van der Waals surface area contributed by atoms with Crippen molar-refractivity contribution in [3.8, 4) is 0 Å². The number of carbonyl (C=O) groups is 2. The molecule has 1 fully saturated rings. The highest BCUT2D eigenvalue weighted by atomic mass is 16.2. The Morgan fingerprint density at radius 1 is 1.00 bits per heavy atom. The van der Waals surface area contributed by atoms with Gasteiger partial charge in [0.1, 0.15) is 0 Å². The summed E-state index contributed by atoms with van der Waals surface area (Å²) in [6, 6.07) is 10.3. The molecule has 138 valence electrons. The monoisotopic (exact) mass is 346 g/mol. The van der Waals surface area contributed by atoms with E-state index in [2.05, 4.69) is 27.7 Å². The van der Waals surface area contributed by atoms with E-state index < -0.39 is 0 Å². The fraction of sp³-hybridized carbons (Fsp3) is 0.579. The second-order valence-corrected chi connectivity index (χ2v) is 6.43. The highest BCUT2D eigenvalue weighted by Crippen LogP contribution is 2.03. The van der Waals surface area contributed by atoms with E-state index in [0.29, 0.717) is 26.2 Å². The largest absolute Gasteiger partial charge is 0.355 e. The van der Waals surface area contributed by atoms with Crippen LogP contribution in [0, 0.1) is 0 Å². The molecule has 0 saturated carbocycles. The Balaban J connectivity index is 1.58. The maximum atomic E-state index is 12.2. The predicted molar refractivity (Wildman–Crippen MR) is 99.5 cm³/mol. The van der Waals surface area contributed by atoms with Crippen molar-refractivity contribution < 1.29 is 9.59 Å². The standard InChI is InChI=1S/C19H30N4O2/c1-2-10-20-18(24)16-22-12-14-23(15-13-22)19(25)21-11-6-9-17-7-4-3-5-8-17/h3-5,7-8H,2,6,9-16H2,1H3,(H,20,24)(H,21,25). The SMILES string of the molecule is CCCNC(=O)CN1CCN(C(=O)NCCCc2ccccc2)CC1. The summed E-state index contributed by atoms with van der Waals surface area (Å²) in [5, 5.41) is 5.88. The van der Waals surface area contributed by atoms with Crippen LogP contribution in [0.5, 0.6) is 0 Å².